The third kappa shape index (κ3) is 6.72. The lowest BCUT2D eigenvalue weighted by Crippen LogP contribution is -2.15. The minimum absolute atomic E-state index is 0.0761. The van der Waals surface area contributed by atoms with Gasteiger partial charge in [-0.15, -0.1) is 0 Å². The van der Waals surface area contributed by atoms with Crippen LogP contribution in [0.25, 0.3) is 0 Å². The third-order valence-corrected chi connectivity index (χ3v) is 4.54. The molecule has 5 heteroatoms. The molecule has 2 aromatic carbocycles. The first kappa shape index (κ1) is 21.5. The SMILES string of the molecule is CCCCCCCCOc1ccc(C(=O)Nc2ccc(C)cc2C(=O)O)cc1. The number of carboxylic acids is 1. The summed E-state index contributed by atoms with van der Waals surface area (Å²) in [4.78, 5) is 23.8. The van der Waals surface area contributed by atoms with Crippen LogP contribution in [0.3, 0.4) is 0 Å². The normalized spacial score (nSPS) is 10.5. The van der Waals surface area contributed by atoms with Gasteiger partial charge in [0.2, 0.25) is 0 Å². The zero-order chi connectivity index (χ0) is 20.4. The van der Waals surface area contributed by atoms with Crippen molar-refractivity contribution in [1.82, 2.24) is 0 Å². The van der Waals surface area contributed by atoms with E-state index < -0.39 is 5.97 Å². The summed E-state index contributed by atoms with van der Waals surface area (Å²) in [6.07, 6.45) is 7.26. The Bertz CT molecular complexity index is 784. The maximum atomic E-state index is 12.4. The van der Waals surface area contributed by atoms with E-state index in [1.807, 2.05) is 6.92 Å². The van der Waals surface area contributed by atoms with Crippen LogP contribution in [0.5, 0.6) is 5.75 Å². The van der Waals surface area contributed by atoms with Gasteiger partial charge in [-0.3, -0.25) is 4.79 Å². The number of benzene rings is 2. The number of rotatable bonds is 11. The summed E-state index contributed by atoms with van der Waals surface area (Å²) in [5.41, 5.74) is 1.63. The van der Waals surface area contributed by atoms with Gasteiger partial charge in [0.1, 0.15) is 5.75 Å². The van der Waals surface area contributed by atoms with E-state index in [2.05, 4.69) is 12.2 Å². The van der Waals surface area contributed by atoms with Crippen molar-refractivity contribution in [2.24, 2.45) is 0 Å². The number of carboxylic acid groups (broad SMARTS) is 1. The second kappa shape index (κ2) is 11.1. The van der Waals surface area contributed by atoms with Gasteiger partial charge in [-0.25, -0.2) is 4.79 Å². The van der Waals surface area contributed by atoms with E-state index in [1.165, 1.54) is 38.2 Å². The average Bonchev–Trinajstić information content (AvgIpc) is 2.69. The highest BCUT2D eigenvalue weighted by Crippen LogP contribution is 2.19. The number of carbonyl (C=O) groups excluding carboxylic acids is 1. The van der Waals surface area contributed by atoms with Crippen molar-refractivity contribution in [3.63, 3.8) is 0 Å². The molecule has 2 N–H and O–H groups in total. The molecule has 0 unspecified atom stereocenters. The molecule has 0 aromatic heterocycles. The number of ether oxygens (including phenoxy) is 1. The molecule has 0 aliphatic carbocycles. The second-order valence-electron chi connectivity index (χ2n) is 6.95. The average molecular weight is 383 g/mol. The molecule has 2 aromatic rings. The van der Waals surface area contributed by atoms with Crippen molar-refractivity contribution in [3.8, 4) is 5.75 Å². The molecule has 0 bridgehead atoms. The number of aryl methyl sites for hydroxylation is 1. The molecule has 0 spiro atoms. The Morgan fingerprint density at radius 3 is 2.32 bits per heavy atom. The fraction of sp³-hybridized carbons (Fsp3) is 0.391. The summed E-state index contributed by atoms with van der Waals surface area (Å²) in [7, 11) is 0. The van der Waals surface area contributed by atoms with Crippen molar-refractivity contribution in [2.45, 2.75) is 52.4 Å². The molecule has 0 aliphatic rings. The molecule has 0 atom stereocenters. The molecule has 28 heavy (non-hydrogen) atoms. The van der Waals surface area contributed by atoms with Gasteiger partial charge in [0.15, 0.2) is 0 Å². The van der Waals surface area contributed by atoms with Crippen LogP contribution in [0, 0.1) is 6.92 Å². The van der Waals surface area contributed by atoms with Gasteiger partial charge in [-0.1, -0.05) is 50.7 Å². The standard InChI is InChI=1S/C23H29NO4/c1-3-4-5-6-7-8-15-28-19-12-10-18(11-13-19)22(25)24-21-14-9-17(2)16-20(21)23(26)27/h9-14,16H,3-8,15H2,1-2H3,(H,24,25)(H,26,27). The number of amides is 1. The fourth-order valence-corrected chi connectivity index (χ4v) is 2.91. The van der Waals surface area contributed by atoms with E-state index in [0.29, 0.717) is 12.2 Å². The molecule has 0 aliphatic heterocycles. The maximum absolute atomic E-state index is 12.4. The van der Waals surface area contributed by atoms with Crippen LogP contribution in [-0.2, 0) is 0 Å². The summed E-state index contributed by atoms with van der Waals surface area (Å²) in [6, 6.07) is 11.8. The molecule has 0 radical (unpaired) electrons. The van der Waals surface area contributed by atoms with Crippen molar-refractivity contribution in [3.05, 3.63) is 59.2 Å². The predicted molar refractivity (Wildman–Crippen MR) is 111 cm³/mol. The predicted octanol–water partition coefficient (Wildman–Crippen LogP) is 5.68. The van der Waals surface area contributed by atoms with Crippen molar-refractivity contribution < 1.29 is 19.4 Å². The Morgan fingerprint density at radius 1 is 0.964 bits per heavy atom. The second-order valence-corrected chi connectivity index (χ2v) is 6.95. The van der Waals surface area contributed by atoms with Crippen molar-refractivity contribution >= 4 is 17.6 Å². The first-order chi connectivity index (χ1) is 13.5. The molecule has 1 amide bonds. The van der Waals surface area contributed by atoms with E-state index >= 15 is 0 Å². The van der Waals surface area contributed by atoms with E-state index in [0.717, 1.165) is 17.7 Å². The molecule has 0 heterocycles. The molecular weight excluding hydrogens is 354 g/mol. The maximum Gasteiger partial charge on any atom is 0.337 e. The van der Waals surface area contributed by atoms with Gasteiger partial charge >= 0.3 is 5.97 Å². The van der Waals surface area contributed by atoms with Crippen molar-refractivity contribution in [1.29, 1.82) is 0 Å². The number of carbonyl (C=O) groups is 2. The lowest BCUT2D eigenvalue weighted by Gasteiger charge is -2.10. The Balaban J connectivity index is 1.86. The minimum Gasteiger partial charge on any atom is -0.494 e. The topological polar surface area (TPSA) is 75.6 Å². The minimum atomic E-state index is -1.07. The molecule has 0 fully saturated rings. The van der Waals surface area contributed by atoms with Gasteiger partial charge in [-0.05, 0) is 49.7 Å². The lowest BCUT2D eigenvalue weighted by atomic mass is 10.1. The molecule has 2 rings (SSSR count). The highest BCUT2D eigenvalue weighted by Gasteiger charge is 2.14. The summed E-state index contributed by atoms with van der Waals surface area (Å²) < 4.78 is 5.72. The van der Waals surface area contributed by atoms with Gasteiger partial charge in [0.05, 0.1) is 17.9 Å². The number of unbranched alkanes of at least 4 members (excludes halogenated alkanes) is 5. The van der Waals surface area contributed by atoms with Crippen LogP contribution >= 0.6 is 0 Å². The molecule has 150 valence electrons. The Hall–Kier alpha value is -2.82. The highest BCUT2D eigenvalue weighted by molar-refractivity contribution is 6.07. The van der Waals surface area contributed by atoms with Gasteiger partial charge in [0, 0.05) is 5.56 Å². The summed E-state index contributed by atoms with van der Waals surface area (Å²) >= 11 is 0. The molecule has 0 saturated heterocycles. The quantitative estimate of drug-likeness (QED) is 0.489. The number of hydrogen-bond acceptors (Lipinski definition) is 3. The smallest absolute Gasteiger partial charge is 0.337 e. The summed E-state index contributed by atoms with van der Waals surface area (Å²) in [6.45, 7) is 4.68. The van der Waals surface area contributed by atoms with Gasteiger partial charge in [-0.2, -0.15) is 0 Å². The lowest BCUT2D eigenvalue weighted by molar-refractivity contribution is 0.0698. The number of anilines is 1. The highest BCUT2D eigenvalue weighted by atomic mass is 16.5. The zero-order valence-corrected chi connectivity index (χ0v) is 16.7. The molecule has 5 nitrogen and oxygen atoms in total. The van der Waals surface area contributed by atoms with Gasteiger partial charge in [0.25, 0.3) is 5.91 Å². The monoisotopic (exact) mass is 383 g/mol. The van der Waals surface area contributed by atoms with Crippen LogP contribution in [0.2, 0.25) is 0 Å². The van der Waals surface area contributed by atoms with E-state index in [9.17, 15) is 14.7 Å². The Kier molecular flexibility index (Phi) is 8.53. The van der Waals surface area contributed by atoms with Crippen LogP contribution in [0.4, 0.5) is 5.69 Å². The Labute approximate surface area is 166 Å². The van der Waals surface area contributed by atoms with Crippen LogP contribution < -0.4 is 10.1 Å². The molecule has 0 saturated carbocycles. The van der Waals surface area contributed by atoms with E-state index in [1.54, 1.807) is 36.4 Å². The van der Waals surface area contributed by atoms with Crippen LogP contribution in [0.1, 0.15) is 71.7 Å². The summed E-state index contributed by atoms with van der Waals surface area (Å²) in [5.74, 6) is -0.696. The van der Waals surface area contributed by atoms with E-state index in [-0.39, 0.29) is 17.2 Å². The number of aromatic carboxylic acids is 1. The number of hydrogen-bond donors (Lipinski definition) is 2. The molecular formula is C23H29NO4. The first-order valence-electron chi connectivity index (χ1n) is 9.89. The number of nitrogens with one attached hydrogen (secondary N) is 1. The Morgan fingerprint density at radius 2 is 1.64 bits per heavy atom. The van der Waals surface area contributed by atoms with Crippen molar-refractivity contribution in [2.75, 3.05) is 11.9 Å². The first-order valence-corrected chi connectivity index (χ1v) is 9.89. The fourth-order valence-electron chi connectivity index (χ4n) is 2.91. The third-order valence-electron chi connectivity index (χ3n) is 4.54. The van der Waals surface area contributed by atoms with E-state index in [4.69, 9.17) is 4.74 Å². The van der Waals surface area contributed by atoms with Gasteiger partial charge < -0.3 is 15.2 Å². The van der Waals surface area contributed by atoms with Crippen LogP contribution in [0.15, 0.2) is 42.5 Å². The summed E-state index contributed by atoms with van der Waals surface area (Å²) in [5, 5.41) is 12.0. The largest absolute Gasteiger partial charge is 0.494 e. The van der Waals surface area contributed by atoms with Crippen LogP contribution in [-0.4, -0.2) is 23.6 Å². The zero-order valence-electron chi connectivity index (χ0n) is 16.7.